The van der Waals surface area contributed by atoms with Gasteiger partial charge in [0, 0.05) is 6.20 Å². The molecule has 1 amide bonds. The summed E-state index contributed by atoms with van der Waals surface area (Å²) < 4.78 is 12.8. The molecule has 1 heterocycles. The summed E-state index contributed by atoms with van der Waals surface area (Å²) in [4.78, 5) is 15.9. The van der Waals surface area contributed by atoms with Crippen LogP contribution in [0.4, 0.5) is 10.2 Å². The molecule has 0 bridgehead atoms. The molecule has 0 saturated heterocycles. The summed E-state index contributed by atoms with van der Waals surface area (Å²) in [6.07, 6.45) is 1.52. The maximum atomic E-state index is 12.8. The van der Waals surface area contributed by atoms with Crippen molar-refractivity contribution in [1.82, 2.24) is 10.3 Å². The zero-order valence-corrected chi connectivity index (χ0v) is 10.4. The van der Waals surface area contributed by atoms with Gasteiger partial charge in [-0.1, -0.05) is 12.1 Å². The molecule has 1 unspecified atom stereocenters. The van der Waals surface area contributed by atoms with Gasteiger partial charge < -0.3 is 11.1 Å². The number of nitrogens with zero attached hydrogens (tertiary/aromatic N) is 1. The van der Waals surface area contributed by atoms with E-state index in [1.807, 2.05) is 6.92 Å². The zero-order chi connectivity index (χ0) is 13.8. The first-order chi connectivity index (χ1) is 9.08. The van der Waals surface area contributed by atoms with Gasteiger partial charge in [0.05, 0.1) is 11.6 Å². The molecule has 0 aliphatic rings. The number of carbonyl (C=O) groups is 1. The minimum atomic E-state index is -0.307. The highest BCUT2D eigenvalue weighted by Gasteiger charge is 2.14. The van der Waals surface area contributed by atoms with E-state index in [0.29, 0.717) is 5.56 Å². The molecule has 0 aliphatic carbocycles. The summed E-state index contributed by atoms with van der Waals surface area (Å²) in [5, 5.41) is 2.79. The molecule has 0 aliphatic heterocycles. The molecule has 0 saturated carbocycles. The second-order valence-electron chi connectivity index (χ2n) is 4.18. The van der Waals surface area contributed by atoms with Crippen LogP contribution in [0.5, 0.6) is 0 Å². The summed E-state index contributed by atoms with van der Waals surface area (Å²) in [7, 11) is 0. The van der Waals surface area contributed by atoms with Gasteiger partial charge in [0.1, 0.15) is 11.6 Å². The summed E-state index contributed by atoms with van der Waals surface area (Å²) in [6.45, 7) is 1.82. The van der Waals surface area contributed by atoms with E-state index in [2.05, 4.69) is 10.3 Å². The molecule has 4 nitrogen and oxygen atoms in total. The monoisotopic (exact) mass is 259 g/mol. The lowest BCUT2D eigenvalue weighted by Crippen LogP contribution is -2.27. The lowest BCUT2D eigenvalue weighted by molar-refractivity contribution is 0.0940. The largest absolute Gasteiger partial charge is 0.383 e. The van der Waals surface area contributed by atoms with Gasteiger partial charge in [-0.05, 0) is 36.8 Å². The van der Waals surface area contributed by atoms with E-state index in [1.165, 1.54) is 18.3 Å². The number of amides is 1. The number of hydrogen-bond donors (Lipinski definition) is 2. The number of pyridine rings is 1. The van der Waals surface area contributed by atoms with Crippen LogP contribution >= 0.6 is 0 Å². The first-order valence-corrected chi connectivity index (χ1v) is 5.84. The summed E-state index contributed by atoms with van der Waals surface area (Å²) >= 11 is 0. The third kappa shape index (κ3) is 3.07. The van der Waals surface area contributed by atoms with Crippen LogP contribution in [-0.2, 0) is 0 Å². The number of anilines is 1. The van der Waals surface area contributed by atoms with Crippen molar-refractivity contribution < 1.29 is 9.18 Å². The first kappa shape index (κ1) is 13.0. The van der Waals surface area contributed by atoms with E-state index in [0.717, 1.165) is 5.56 Å². The smallest absolute Gasteiger partial charge is 0.255 e. The quantitative estimate of drug-likeness (QED) is 0.888. The number of nitrogens with two attached hydrogens (primary N) is 1. The van der Waals surface area contributed by atoms with Gasteiger partial charge >= 0.3 is 0 Å². The zero-order valence-electron chi connectivity index (χ0n) is 10.4. The van der Waals surface area contributed by atoms with Gasteiger partial charge in [0.2, 0.25) is 0 Å². The summed E-state index contributed by atoms with van der Waals surface area (Å²) in [5.74, 6) is -0.424. The van der Waals surface area contributed by atoms with E-state index in [4.69, 9.17) is 5.73 Å². The van der Waals surface area contributed by atoms with E-state index in [9.17, 15) is 9.18 Å². The molecule has 5 heteroatoms. The Morgan fingerprint density at radius 3 is 2.63 bits per heavy atom. The Morgan fingerprint density at radius 1 is 1.32 bits per heavy atom. The standard InChI is InChI=1S/C14H14FN3O/c1-9(10-4-6-11(15)7-5-10)18-14(19)12-3-2-8-17-13(12)16/h2-9H,1H3,(H2,16,17)(H,18,19). The fourth-order valence-corrected chi connectivity index (χ4v) is 1.72. The van der Waals surface area contributed by atoms with Crippen LogP contribution in [0.15, 0.2) is 42.6 Å². The van der Waals surface area contributed by atoms with Crippen LogP contribution < -0.4 is 11.1 Å². The predicted molar refractivity (Wildman–Crippen MR) is 70.9 cm³/mol. The van der Waals surface area contributed by atoms with Gasteiger partial charge in [-0.3, -0.25) is 4.79 Å². The van der Waals surface area contributed by atoms with E-state index < -0.39 is 0 Å². The topological polar surface area (TPSA) is 68.0 Å². The summed E-state index contributed by atoms with van der Waals surface area (Å²) in [6, 6.07) is 8.99. The minimum Gasteiger partial charge on any atom is -0.383 e. The Hall–Kier alpha value is -2.43. The fraction of sp³-hybridized carbons (Fsp3) is 0.143. The summed E-state index contributed by atoms with van der Waals surface area (Å²) in [5.41, 5.74) is 6.78. The number of benzene rings is 1. The second kappa shape index (κ2) is 5.48. The van der Waals surface area contributed by atoms with Crippen molar-refractivity contribution in [2.24, 2.45) is 0 Å². The van der Waals surface area contributed by atoms with Crippen LogP contribution in [-0.4, -0.2) is 10.9 Å². The fourth-order valence-electron chi connectivity index (χ4n) is 1.72. The molecule has 1 atom stereocenters. The van der Waals surface area contributed by atoms with Crippen LogP contribution in [0.25, 0.3) is 0 Å². The number of halogens is 1. The van der Waals surface area contributed by atoms with Crippen molar-refractivity contribution in [3.05, 3.63) is 59.5 Å². The molecule has 3 N–H and O–H groups in total. The molecular weight excluding hydrogens is 245 g/mol. The molecule has 2 aromatic rings. The minimum absolute atomic E-state index is 0.186. The Labute approximate surface area is 110 Å². The van der Waals surface area contributed by atoms with E-state index in [1.54, 1.807) is 24.3 Å². The number of aromatic nitrogens is 1. The van der Waals surface area contributed by atoms with Crippen LogP contribution in [0.2, 0.25) is 0 Å². The average molecular weight is 259 g/mol. The molecule has 2 rings (SSSR count). The molecule has 1 aromatic heterocycles. The van der Waals surface area contributed by atoms with Crippen molar-refractivity contribution in [2.45, 2.75) is 13.0 Å². The Morgan fingerprint density at radius 2 is 2.00 bits per heavy atom. The van der Waals surface area contributed by atoms with Crippen molar-refractivity contribution >= 4 is 11.7 Å². The molecule has 98 valence electrons. The maximum Gasteiger partial charge on any atom is 0.255 e. The molecular formula is C14H14FN3O. The van der Waals surface area contributed by atoms with Crippen molar-refractivity contribution in [1.29, 1.82) is 0 Å². The van der Waals surface area contributed by atoms with Crippen molar-refractivity contribution in [3.63, 3.8) is 0 Å². The second-order valence-corrected chi connectivity index (χ2v) is 4.18. The predicted octanol–water partition coefficient (Wildman–Crippen LogP) is 2.29. The van der Waals surface area contributed by atoms with Crippen LogP contribution in [0.3, 0.4) is 0 Å². The molecule has 0 fully saturated rings. The number of carbonyl (C=O) groups excluding carboxylic acids is 1. The number of nitrogen functional groups attached to an aromatic ring is 1. The van der Waals surface area contributed by atoms with Crippen molar-refractivity contribution in [3.8, 4) is 0 Å². The average Bonchev–Trinajstić information content (AvgIpc) is 2.39. The Bertz CT molecular complexity index is 583. The third-order valence-electron chi connectivity index (χ3n) is 2.80. The Kier molecular flexibility index (Phi) is 3.75. The lowest BCUT2D eigenvalue weighted by atomic mass is 10.1. The third-order valence-corrected chi connectivity index (χ3v) is 2.80. The van der Waals surface area contributed by atoms with Crippen LogP contribution in [0, 0.1) is 5.82 Å². The van der Waals surface area contributed by atoms with Crippen molar-refractivity contribution in [2.75, 3.05) is 5.73 Å². The highest BCUT2D eigenvalue weighted by molar-refractivity contribution is 5.98. The molecule has 0 spiro atoms. The van der Waals surface area contributed by atoms with E-state index in [-0.39, 0.29) is 23.6 Å². The molecule has 19 heavy (non-hydrogen) atoms. The van der Waals surface area contributed by atoms with Gasteiger partial charge in [0.15, 0.2) is 0 Å². The molecule has 1 aromatic carbocycles. The normalized spacial score (nSPS) is 11.9. The lowest BCUT2D eigenvalue weighted by Gasteiger charge is -2.14. The van der Waals surface area contributed by atoms with Gasteiger partial charge in [-0.25, -0.2) is 9.37 Å². The maximum absolute atomic E-state index is 12.8. The highest BCUT2D eigenvalue weighted by Crippen LogP contribution is 2.15. The molecule has 0 radical (unpaired) electrons. The number of rotatable bonds is 3. The van der Waals surface area contributed by atoms with Gasteiger partial charge in [0.25, 0.3) is 5.91 Å². The highest BCUT2D eigenvalue weighted by atomic mass is 19.1. The number of nitrogens with one attached hydrogen (secondary N) is 1. The van der Waals surface area contributed by atoms with Gasteiger partial charge in [-0.15, -0.1) is 0 Å². The van der Waals surface area contributed by atoms with Gasteiger partial charge in [-0.2, -0.15) is 0 Å². The first-order valence-electron chi connectivity index (χ1n) is 5.84. The van der Waals surface area contributed by atoms with Crippen LogP contribution in [0.1, 0.15) is 28.9 Å². The Balaban J connectivity index is 2.11. The SMILES string of the molecule is CC(NC(=O)c1cccnc1N)c1ccc(F)cc1. The van der Waals surface area contributed by atoms with E-state index >= 15 is 0 Å². The number of hydrogen-bond acceptors (Lipinski definition) is 3.